The minimum Gasteiger partial charge on any atom is -0.429 e. The molecule has 0 unspecified atom stereocenters. The summed E-state index contributed by atoms with van der Waals surface area (Å²) < 4.78 is 1.76. The molecule has 0 fully saturated rings. The molecule has 2 nitrogen and oxygen atoms in total. The standard InChI is InChI=1S/C6H9N2.Y/c1-3-6-4-5-8(2)7-6;/h5H,3H2,1-2H3;/q-1;. The Balaban J connectivity index is 0.000000640. The van der Waals surface area contributed by atoms with Gasteiger partial charge >= 0.3 is 0 Å². The van der Waals surface area contributed by atoms with Crippen LogP contribution in [-0.4, -0.2) is 9.78 Å². The molecular formula is C6H9N2Y-. The summed E-state index contributed by atoms with van der Waals surface area (Å²) >= 11 is 0. The van der Waals surface area contributed by atoms with Gasteiger partial charge in [0, 0.05) is 39.8 Å². The second-order valence-corrected chi connectivity index (χ2v) is 1.75. The maximum atomic E-state index is 4.09. The van der Waals surface area contributed by atoms with E-state index in [1.807, 2.05) is 13.2 Å². The van der Waals surface area contributed by atoms with Crippen LogP contribution in [0, 0.1) is 6.07 Å². The van der Waals surface area contributed by atoms with Gasteiger partial charge < -0.3 is 10.7 Å². The van der Waals surface area contributed by atoms with E-state index < -0.39 is 0 Å². The van der Waals surface area contributed by atoms with Crippen molar-refractivity contribution in [3.05, 3.63) is 18.0 Å². The molecule has 0 aliphatic rings. The molecule has 0 aliphatic heterocycles. The third-order valence-electron chi connectivity index (χ3n) is 1.03. The van der Waals surface area contributed by atoms with Crippen molar-refractivity contribution in [2.24, 2.45) is 7.05 Å². The van der Waals surface area contributed by atoms with Gasteiger partial charge in [-0.05, 0) is 6.42 Å². The normalized spacial score (nSPS) is 8.67. The van der Waals surface area contributed by atoms with Gasteiger partial charge in [0.15, 0.2) is 0 Å². The number of nitrogens with zero attached hydrogens (tertiary/aromatic N) is 2. The van der Waals surface area contributed by atoms with Crippen molar-refractivity contribution in [3.8, 4) is 0 Å². The predicted molar refractivity (Wildman–Crippen MR) is 31.4 cm³/mol. The van der Waals surface area contributed by atoms with Crippen LogP contribution in [0.15, 0.2) is 6.20 Å². The first-order chi connectivity index (χ1) is 3.83. The van der Waals surface area contributed by atoms with Crippen LogP contribution in [0.5, 0.6) is 0 Å². The monoisotopic (exact) mass is 198 g/mol. The van der Waals surface area contributed by atoms with E-state index in [1.165, 1.54) is 0 Å². The molecule has 0 bridgehead atoms. The molecule has 1 aromatic heterocycles. The number of hydrogen-bond donors (Lipinski definition) is 0. The number of aromatic nitrogens is 2. The van der Waals surface area contributed by atoms with Crippen LogP contribution in [-0.2, 0) is 46.2 Å². The zero-order valence-corrected chi connectivity index (χ0v) is 8.59. The maximum Gasteiger partial charge on any atom is 0.0262 e. The second kappa shape index (κ2) is 4.18. The predicted octanol–water partition coefficient (Wildman–Crippen LogP) is 0.780. The van der Waals surface area contributed by atoms with Crippen molar-refractivity contribution >= 4 is 0 Å². The summed E-state index contributed by atoms with van der Waals surface area (Å²) in [4.78, 5) is 0. The van der Waals surface area contributed by atoms with Gasteiger partial charge in [0.1, 0.15) is 0 Å². The zero-order valence-electron chi connectivity index (χ0n) is 5.76. The number of rotatable bonds is 1. The largest absolute Gasteiger partial charge is 0.429 e. The Labute approximate surface area is 80.5 Å². The van der Waals surface area contributed by atoms with E-state index in [0.717, 1.165) is 12.1 Å². The van der Waals surface area contributed by atoms with E-state index >= 15 is 0 Å². The van der Waals surface area contributed by atoms with E-state index in [4.69, 9.17) is 0 Å². The molecule has 0 aliphatic carbocycles. The first kappa shape index (κ1) is 9.31. The van der Waals surface area contributed by atoms with Crippen molar-refractivity contribution in [3.63, 3.8) is 0 Å². The molecular weight excluding hydrogens is 189 g/mol. The molecule has 0 aromatic carbocycles. The topological polar surface area (TPSA) is 17.8 Å². The van der Waals surface area contributed by atoms with Gasteiger partial charge in [-0.25, -0.2) is 5.10 Å². The second-order valence-electron chi connectivity index (χ2n) is 1.75. The molecule has 0 saturated carbocycles. The Morgan fingerprint density at radius 2 is 2.44 bits per heavy atom. The van der Waals surface area contributed by atoms with Crippen molar-refractivity contribution < 1.29 is 32.7 Å². The van der Waals surface area contributed by atoms with Crippen LogP contribution in [0.4, 0.5) is 0 Å². The molecule has 0 atom stereocenters. The molecule has 0 saturated heterocycles. The average Bonchev–Trinajstić information content (AvgIpc) is 2.14. The van der Waals surface area contributed by atoms with Crippen molar-refractivity contribution in [1.29, 1.82) is 0 Å². The summed E-state index contributed by atoms with van der Waals surface area (Å²) in [6.07, 6.45) is 2.81. The van der Waals surface area contributed by atoms with Gasteiger partial charge in [-0.15, -0.1) is 5.69 Å². The number of aryl methyl sites for hydroxylation is 2. The Morgan fingerprint density at radius 3 is 2.67 bits per heavy atom. The Morgan fingerprint density at radius 1 is 1.78 bits per heavy atom. The fourth-order valence-electron chi connectivity index (χ4n) is 0.589. The molecule has 1 radical (unpaired) electrons. The average molecular weight is 198 g/mol. The summed E-state index contributed by atoms with van der Waals surface area (Å²) in [5.74, 6) is 0. The summed E-state index contributed by atoms with van der Waals surface area (Å²) in [6, 6.07) is 3.01. The fourth-order valence-corrected chi connectivity index (χ4v) is 0.589. The summed E-state index contributed by atoms with van der Waals surface area (Å²) in [5.41, 5.74) is 1.03. The molecule has 1 rings (SSSR count). The summed E-state index contributed by atoms with van der Waals surface area (Å²) in [6.45, 7) is 2.07. The minimum absolute atomic E-state index is 0. The molecule has 1 aromatic rings. The molecule has 1 heterocycles. The Hall–Kier alpha value is 0.314. The molecule has 3 heteroatoms. The van der Waals surface area contributed by atoms with Crippen LogP contribution >= 0.6 is 0 Å². The maximum absolute atomic E-state index is 4.09. The Bertz CT molecular complexity index is 171. The van der Waals surface area contributed by atoms with Crippen LogP contribution < -0.4 is 0 Å². The van der Waals surface area contributed by atoms with Gasteiger partial charge in [-0.2, -0.15) is 6.20 Å². The minimum atomic E-state index is 0. The van der Waals surface area contributed by atoms with Gasteiger partial charge in [0.05, 0.1) is 0 Å². The van der Waals surface area contributed by atoms with E-state index in [2.05, 4.69) is 18.1 Å². The summed E-state index contributed by atoms with van der Waals surface area (Å²) in [7, 11) is 1.90. The third kappa shape index (κ3) is 2.59. The molecule has 0 amide bonds. The molecule has 0 N–H and O–H groups in total. The van der Waals surface area contributed by atoms with E-state index in [0.29, 0.717) is 0 Å². The van der Waals surface area contributed by atoms with Gasteiger partial charge in [0.2, 0.25) is 0 Å². The van der Waals surface area contributed by atoms with Gasteiger partial charge in [-0.1, -0.05) is 6.92 Å². The molecule has 0 spiro atoms. The smallest absolute Gasteiger partial charge is 0.0262 e. The first-order valence-electron chi connectivity index (χ1n) is 2.73. The fraction of sp³-hybridized carbons (Fsp3) is 0.500. The first-order valence-corrected chi connectivity index (χ1v) is 2.73. The Kier molecular flexibility index (Phi) is 4.33. The molecule has 47 valence electrons. The van der Waals surface area contributed by atoms with E-state index in [-0.39, 0.29) is 32.7 Å². The SMILES string of the molecule is CCc1[c-]cn(C)n1.[Y]. The van der Waals surface area contributed by atoms with Crippen LogP contribution in [0.25, 0.3) is 0 Å². The van der Waals surface area contributed by atoms with Crippen molar-refractivity contribution in [2.45, 2.75) is 13.3 Å². The molecule has 9 heavy (non-hydrogen) atoms. The van der Waals surface area contributed by atoms with Crippen molar-refractivity contribution in [2.75, 3.05) is 0 Å². The number of hydrogen-bond acceptors (Lipinski definition) is 1. The zero-order chi connectivity index (χ0) is 5.98. The third-order valence-corrected chi connectivity index (χ3v) is 1.03. The van der Waals surface area contributed by atoms with E-state index in [1.54, 1.807) is 4.68 Å². The van der Waals surface area contributed by atoms with Crippen LogP contribution in [0.2, 0.25) is 0 Å². The van der Waals surface area contributed by atoms with E-state index in [9.17, 15) is 0 Å². The van der Waals surface area contributed by atoms with Crippen LogP contribution in [0.1, 0.15) is 12.6 Å². The van der Waals surface area contributed by atoms with Crippen molar-refractivity contribution in [1.82, 2.24) is 9.78 Å². The van der Waals surface area contributed by atoms with Crippen LogP contribution in [0.3, 0.4) is 0 Å². The summed E-state index contributed by atoms with van der Waals surface area (Å²) in [5, 5.41) is 4.09. The van der Waals surface area contributed by atoms with Gasteiger partial charge in [-0.3, -0.25) is 0 Å². The van der Waals surface area contributed by atoms with Gasteiger partial charge in [0.25, 0.3) is 0 Å². The quantitative estimate of drug-likeness (QED) is 0.609.